The van der Waals surface area contributed by atoms with Crippen LogP contribution in [0.4, 0.5) is 0 Å². The van der Waals surface area contributed by atoms with Gasteiger partial charge >= 0.3 is 5.97 Å². The van der Waals surface area contributed by atoms with E-state index in [9.17, 15) is 4.79 Å². The minimum Gasteiger partial charge on any atom is -0.480 e. The molecule has 1 N–H and O–H groups in total. The molecule has 0 radical (unpaired) electrons. The molecule has 1 aromatic heterocycles. The number of imidazole rings is 1. The van der Waals surface area contributed by atoms with E-state index in [2.05, 4.69) is 20.9 Å². The number of hydrogen-bond donors (Lipinski definition) is 1. The van der Waals surface area contributed by atoms with Crippen molar-refractivity contribution >= 4 is 32.9 Å². The van der Waals surface area contributed by atoms with Gasteiger partial charge in [-0.15, -0.1) is 0 Å². The third kappa shape index (κ3) is 1.63. The Morgan fingerprint density at radius 1 is 1.57 bits per heavy atom. The minimum absolute atomic E-state index is 0.0574. The first-order chi connectivity index (χ1) is 6.66. The van der Waals surface area contributed by atoms with Crippen LogP contribution in [0.25, 0.3) is 11.0 Å². The third-order valence-corrected chi connectivity index (χ3v) is 2.38. The van der Waals surface area contributed by atoms with Crippen molar-refractivity contribution in [2.24, 2.45) is 0 Å². The lowest BCUT2D eigenvalue weighted by atomic mass is 10.3. The first-order valence-corrected chi connectivity index (χ1v) is 4.78. The number of aromatic nitrogens is 2. The average Bonchev–Trinajstić information content (AvgIpc) is 2.47. The Balaban J connectivity index is 2.52. The number of benzene rings is 1. The summed E-state index contributed by atoms with van der Waals surface area (Å²) in [6.07, 6.45) is 1.53. The van der Waals surface area contributed by atoms with Crippen LogP contribution in [0.5, 0.6) is 0 Å². The molecule has 0 aliphatic rings. The van der Waals surface area contributed by atoms with Crippen LogP contribution in [0.1, 0.15) is 0 Å². The minimum atomic E-state index is -0.868. The van der Waals surface area contributed by atoms with Gasteiger partial charge in [0, 0.05) is 4.47 Å². The molecular formula is C9H7BrN2O2. The van der Waals surface area contributed by atoms with Gasteiger partial charge in [0.1, 0.15) is 6.54 Å². The van der Waals surface area contributed by atoms with Gasteiger partial charge in [0.15, 0.2) is 0 Å². The molecular weight excluding hydrogens is 248 g/mol. The molecule has 2 aromatic rings. The van der Waals surface area contributed by atoms with E-state index in [4.69, 9.17) is 5.11 Å². The molecule has 4 nitrogen and oxygen atoms in total. The largest absolute Gasteiger partial charge is 0.480 e. The van der Waals surface area contributed by atoms with E-state index in [0.29, 0.717) is 0 Å². The number of carboxylic acid groups (broad SMARTS) is 1. The lowest BCUT2D eigenvalue weighted by Crippen LogP contribution is -2.07. The highest BCUT2D eigenvalue weighted by Crippen LogP contribution is 2.18. The molecule has 72 valence electrons. The van der Waals surface area contributed by atoms with Crippen molar-refractivity contribution in [1.82, 2.24) is 9.55 Å². The van der Waals surface area contributed by atoms with Gasteiger partial charge in [-0.25, -0.2) is 4.98 Å². The van der Waals surface area contributed by atoms with Crippen molar-refractivity contribution in [3.05, 3.63) is 29.0 Å². The lowest BCUT2D eigenvalue weighted by molar-refractivity contribution is -0.137. The number of hydrogen-bond acceptors (Lipinski definition) is 2. The van der Waals surface area contributed by atoms with Crippen molar-refractivity contribution in [3.63, 3.8) is 0 Å². The van der Waals surface area contributed by atoms with Crippen LogP contribution in [0, 0.1) is 0 Å². The Morgan fingerprint density at radius 2 is 2.36 bits per heavy atom. The number of carbonyl (C=O) groups is 1. The van der Waals surface area contributed by atoms with Crippen LogP contribution >= 0.6 is 15.9 Å². The van der Waals surface area contributed by atoms with E-state index < -0.39 is 5.97 Å². The maximum atomic E-state index is 10.5. The number of halogens is 1. The lowest BCUT2D eigenvalue weighted by Gasteiger charge is -1.98. The zero-order chi connectivity index (χ0) is 10.1. The van der Waals surface area contributed by atoms with Gasteiger partial charge in [-0.2, -0.15) is 0 Å². The fraction of sp³-hybridized carbons (Fsp3) is 0.111. The predicted octanol–water partition coefficient (Wildman–Crippen LogP) is 1.88. The second-order valence-electron chi connectivity index (χ2n) is 2.90. The average molecular weight is 255 g/mol. The van der Waals surface area contributed by atoms with E-state index in [1.807, 2.05) is 18.2 Å². The fourth-order valence-corrected chi connectivity index (χ4v) is 1.66. The smallest absolute Gasteiger partial charge is 0.323 e. The van der Waals surface area contributed by atoms with Crippen molar-refractivity contribution in [2.75, 3.05) is 0 Å². The fourth-order valence-electron chi connectivity index (χ4n) is 1.31. The molecule has 14 heavy (non-hydrogen) atoms. The van der Waals surface area contributed by atoms with Crippen molar-refractivity contribution < 1.29 is 9.90 Å². The van der Waals surface area contributed by atoms with Gasteiger partial charge in [-0.05, 0) is 18.2 Å². The molecule has 0 aliphatic heterocycles. The van der Waals surface area contributed by atoms with Crippen LogP contribution in [-0.4, -0.2) is 20.6 Å². The Bertz CT molecular complexity index is 493. The Kier molecular flexibility index (Phi) is 2.25. The van der Waals surface area contributed by atoms with Crippen molar-refractivity contribution in [2.45, 2.75) is 6.54 Å². The number of nitrogens with zero attached hydrogens (tertiary/aromatic N) is 2. The first kappa shape index (κ1) is 9.21. The molecule has 5 heteroatoms. The zero-order valence-corrected chi connectivity index (χ0v) is 8.73. The highest BCUT2D eigenvalue weighted by molar-refractivity contribution is 9.10. The Hall–Kier alpha value is -1.36. The summed E-state index contributed by atoms with van der Waals surface area (Å²) in [4.78, 5) is 14.6. The molecule has 0 aliphatic carbocycles. The van der Waals surface area contributed by atoms with E-state index in [1.54, 1.807) is 4.57 Å². The summed E-state index contributed by atoms with van der Waals surface area (Å²) in [6.45, 7) is -0.0574. The van der Waals surface area contributed by atoms with Gasteiger partial charge in [0.05, 0.1) is 17.4 Å². The van der Waals surface area contributed by atoms with Crippen LogP contribution in [-0.2, 0) is 11.3 Å². The highest BCUT2D eigenvalue weighted by atomic mass is 79.9. The molecule has 0 bridgehead atoms. The normalized spacial score (nSPS) is 10.6. The maximum absolute atomic E-state index is 10.5. The molecule has 0 unspecified atom stereocenters. The van der Waals surface area contributed by atoms with Gasteiger partial charge in [0.25, 0.3) is 0 Å². The zero-order valence-electron chi connectivity index (χ0n) is 7.14. The number of fused-ring (bicyclic) bond motifs is 1. The van der Waals surface area contributed by atoms with E-state index in [-0.39, 0.29) is 6.54 Å². The summed E-state index contributed by atoms with van der Waals surface area (Å²) in [6, 6.07) is 5.56. The Morgan fingerprint density at radius 3 is 3.07 bits per heavy atom. The second kappa shape index (κ2) is 3.42. The Labute approximate surface area is 88.3 Å². The summed E-state index contributed by atoms with van der Waals surface area (Å²) >= 11 is 3.33. The van der Waals surface area contributed by atoms with Crippen LogP contribution in [0.3, 0.4) is 0 Å². The summed E-state index contributed by atoms with van der Waals surface area (Å²) < 4.78 is 2.54. The summed E-state index contributed by atoms with van der Waals surface area (Å²) in [5, 5.41) is 8.64. The molecule has 0 fully saturated rings. The first-order valence-electron chi connectivity index (χ1n) is 3.99. The highest BCUT2D eigenvalue weighted by Gasteiger charge is 2.05. The predicted molar refractivity (Wildman–Crippen MR) is 55.1 cm³/mol. The van der Waals surface area contributed by atoms with Gasteiger partial charge in [0.2, 0.25) is 0 Å². The molecule has 0 saturated carbocycles. The monoisotopic (exact) mass is 254 g/mol. The molecule has 1 aromatic carbocycles. The molecule has 0 saturated heterocycles. The quantitative estimate of drug-likeness (QED) is 0.891. The molecule has 0 spiro atoms. The number of carboxylic acids is 1. The van der Waals surface area contributed by atoms with Gasteiger partial charge in [-0.1, -0.05) is 15.9 Å². The molecule has 0 amide bonds. The van der Waals surface area contributed by atoms with Crippen molar-refractivity contribution in [3.8, 4) is 0 Å². The van der Waals surface area contributed by atoms with Crippen LogP contribution in [0.15, 0.2) is 29.0 Å². The third-order valence-electron chi connectivity index (χ3n) is 1.89. The summed E-state index contributed by atoms with van der Waals surface area (Å²) in [5.41, 5.74) is 1.62. The summed E-state index contributed by atoms with van der Waals surface area (Å²) in [5.74, 6) is -0.868. The topological polar surface area (TPSA) is 55.1 Å². The molecule has 2 rings (SSSR count). The molecule has 1 heterocycles. The van der Waals surface area contributed by atoms with Crippen molar-refractivity contribution in [1.29, 1.82) is 0 Å². The second-order valence-corrected chi connectivity index (χ2v) is 3.81. The van der Waals surface area contributed by atoms with E-state index in [0.717, 1.165) is 15.5 Å². The van der Waals surface area contributed by atoms with Gasteiger partial charge in [-0.3, -0.25) is 4.79 Å². The van der Waals surface area contributed by atoms with E-state index >= 15 is 0 Å². The summed E-state index contributed by atoms with van der Waals surface area (Å²) in [7, 11) is 0. The SMILES string of the molecule is O=C(O)Cn1cnc2cc(Br)ccc21. The van der Waals surface area contributed by atoms with Gasteiger partial charge < -0.3 is 9.67 Å². The standard InChI is InChI=1S/C9H7BrN2O2/c10-6-1-2-8-7(3-6)11-5-12(8)4-9(13)14/h1-3,5H,4H2,(H,13,14). The number of rotatable bonds is 2. The van der Waals surface area contributed by atoms with Crippen LogP contribution in [0.2, 0.25) is 0 Å². The number of aliphatic carboxylic acids is 1. The maximum Gasteiger partial charge on any atom is 0.323 e. The van der Waals surface area contributed by atoms with E-state index in [1.165, 1.54) is 6.33 Å². The van der Waals surface area contributed by atoms with Crippen LogP contribution < -0.4 is 0 Å². The molecule has 0 atom stereocenters.